The molecule has 1 aromatic heterocycles. The number of aromatic nitrogens is 1. The number of carboxylic acids is 1. The number of rotatable bonds is 6. The Labute approximate surface area is 113 Å². The standard InChI is InChI=1S/C14H20N2O3/c1-4-9(2)8-10(3)16-13(17)12-11(14(18)19)6-5-7-15-12/h5-7,9-10H,4,8H2,1-3H3,(H,16,17)(H,18,19). The summed E-state index contributed by atoms with van der Waals surface area (Å²) in [5, 5.41) is 11.8. The van der Waals surface area contributed by atoms with Crippen molar-refractivity contribution in [2.24, 2.45) is 5.92 Å². The molecule has 0 bridgehead atoms. The minimum absolute atomic E-state index is 0.00824. The van der Waals surface area contributed by atoms with E-state index in [4.69, 9.17) is 5.11 Å². The van der Waals surface area contributed by atoms with Crippen LogP contribution in [0.15, 0.2) is 18.3 Å². The quantitative estimate of drug-likeness (QED) is 0.826. The topological polar surface area (TPSA) is 79.3 Å². The summed E-state index contributed by atoms with van der Waals surface area (Å²) in [4.78, 5) is 26.9. The van der Waals surface area contributed by atoms with Gasteiger partial charge in [-0.2, -0.15) is 0 Å². The zero-order valence-corrected chi connectivity index (χ0v) is 11.5. The van der Waals surface area contributed by atoms with Crippen molar-refractivity contribution in [3.05, 3.63) is 29.6 Å². The van der Waals surface area contributed by atoms with Crippen LogP contribution in [0.25, 0.3) is 0 Å². The number of carbonyl (C=O) groups is 2. The summed E-state index contributed by atoms with van der Waals surface area (Å²) in [5.41, 5.74) is -0.109. The average Bonchev–Trinajstić information content (AvgIpc) is 2.38. The van der Waals surface area contributed by atoms with Gasteiger partial charge in [0.15, 0.2) is 0 Å². The van der Waals surface area contributed by atoms with Crippen LogP contribution < -0.4 is 5.32 Å². The second-order valence-corrected chi connectivity index (χ2v) is 4.83. The zero-order valence-electron chi connectivity index (χ0n) is 11.5. The number of nitrogens with zero attached hydrogens (tertiary/aromatic N) is 1. The number of aromatic carboxylic acids is 1. The maximum absolute atomic E-state index is 12.0. The van der Waals surface area contributed by atoms with Crippen LogP contribution in [-0.4, -0.2) is 28.0 Å². The predicted octanol–water partition coefficient (Wildman–Crippen LogP) is 2.33. The molecule has 2 N–H and O–H groups in total. The third-order valence-corrected chi connectivity index (χ3v) is 3.08. The third kappa shape index (κ3) is 4.35. The van der Waals surface area contributed by atoms with Crippen LogP contribution in [0.5, 0.6) is 0 Å². The summed E-state index contributed by atoms with van der Waals surface area (Å²) < 4.78 is 0. The Bertz CT molecular complexity index is 460. The Morgan fingerprint density at radius 2 is 2.11 bits per heavy atom. The first-order valence-corrected chi connectivity index (χ1v) is 6.44. The molecule has 2 unspecified atom stereocenters. The molecule has 0 radical (unpaired) electrons. The molecule has 1 aromatic rings. The molecular formula is C14H20N2O3. The lowest BCUT2D eigenvalue weighted by molar-refractivity contribution is 0.0689. The van der Waals surface area contributed by atoms with E-state index in [-0.39, 0.29) is 17.3 Å². The highest BCUT2D eigenvalue weighted by molar-refractivity contribution is 6.03. The second kappa shape index (κ2) is 6.87. The summed E-state index contributed by atoms with van der Waals surface area (Å²) >= 11 is 0. The summed E-state index contributed by atoms with van der Waals surface area (Å²) in [6.45, 7) is 6.13. The van der Waals surface area contributed by atoms with E-state index in [0.717, 1.165) is 12.8 Å². The van der Waals surface area contributed by atoms with Crippen molar-refractivity contribution < 1.29 is 14.7 Å². The van der Waals surface area contributed by atoms with Gasteiger partial charge >= 0.3 is 5.97 Å². The molecule has 0 spiro atoms. The minimum Gasteiger partial charge on any atom is -0.478 e. The Hall–Kier alpha value is -1.91. The molecule has 19 heavy (non-hydrogen) atoms. The molecule has 104 valence electrons. The van der Waals surface area contributed by atoms with Crippen LogP contribution in [0.4, 0.5) is 0 Å². The number of hydrogen-bond acceptors (Lipinski definition) is 3. The van der Waals surface area contributed by atoms with E-state index >= 15 is 0 Å². The Balaban J connectivity index is 2.76. The number of hydrogen-bond donors (Lipinski definition) is 2. The van der Waals surface area contributed by atoms with E-state index in [1.165, 1.54) is 18.3 Å². The number of pyridine rings is 1. The third-order valence-electron chi connectivity index (χ3n) is 3.08. The highest BCUT2D eigenvalue weighted by Crippen LogP contribution is 2.11. The number of carboxylic acid groups (broad SMARTS) is 1. The van der Waals surface area contributed by atoms with Crippen LogP contribution in [0.2, 0.25) is 0 Å². The van der Waals surface area contributed by atoms with Crippen LogP contribution in [0.1, 0.15) is 54.5 Å². The summed E-state index contributed by atoms with van der Waals surface area (Å²) in [6.07, 6.45) is 3.32. The predicted molar refractivity (Wildman–Crippen MR) is 72.2 cm³/mol. The Kier molecular flexibility index (Phi) is 5.48. The SMILES string of the molecule is CCC(C)CC(C)NC(=O)c1ncccc1C(=O)O. The van der Waals surface area contributed by atoms with Gasteiger partial charge in [0.1, 0.15) is 5.69 Å². The molecule has 0 aliphatic rings. The van der Waals surface area contributed by atoms with Gasteiger partial charge in [0, 0.05) is 12.2 Å². The van der Waals surface area contributed by atoms with Crippen molar-refractivity contribution in [3.8, 4) is 0 Å². The molecular weight excluding hydrogens is 244 g/mol. The fraction of sp³-hybridized carbons (Fsp3) is 0.500. The van der Waals surface area contributed by atoms with Gasteiger partial charge < -0.3 is 10.4 Å². The minimum atomic E-state index is -1.15. The second-order valence-electron chi connectivity index (χ2n) is 4.83. The summed E-state index contributed by atoms with van der Waals surface area (Å²) in [6, 6.07) is 2.87. The van der Waals surface area contributed by atoms with E-state index in [9.17, 15) is 9.59 Å². The molecule has 0 fully saturated rings. The number of nitrogens with one attached hydrogen (secondary N) is 1. The Morgan fingerprint density at radius 1 is 1.42 bits per heavy atom. The lowest BCUT2D eigenvalue weighted by atomic mass is 10.0. The molecule has 5 nitrogen and oxygen atoms in total. The van der Waals surface area contributed by atoms with Crippen LogP contribution >= 0.6 is 0 Å². The molecule has 1 amide bonds. The monoisotopic (exact) mass is 264 g/mol. The fourth-order valence-corrected chi connectivity index (χ4v) is 1.88. The zero-order chi connectivity index (χ0) is 14.4. The molecule has 0 saturated carbocycles. The molecule has 5 heteroatoms. The van der Waals surface area contributed by atoms with E-state index in [2.05, 4.69) is 24.1 Å². The van der Waals surface area contributed by atoms with E-state index < -0.39 is 11.9 Å². The first-order chi connectivity index (χ1) is 8.95. The maximum Gasteiger partial charge on any atom is 0.338 e. The van der Waals surface area contributed by atoms with Crippen molar-refractivity contribution >= 4 is 11.9 Å². The fourth-order valence-electron chi connectivity index (χ4n) is 1.88. The highest BCUT2D eigenvalue weighted by Gasteiger charge is 2.19. The molecule has 0 aliphatic heterocycles. The van der Waals surface area contributed by atoms with E-state index in [1.54, 1.807) is 0 Å². The largest absolute Gasteiger partial charge is 0.478 e. The first-order valence-electron chi connectivity index (χ1n) is 6.44. The van der Waals surface area contributed by atoms with E-state index in [0.29, 0.717) is 5.92 Å². The van der Waals surface area contributed by atoms with E-state index in [1.807, 2.05) is 6.92 Å². The molecule has 1 heterocycles. The van der Waals surface area contributed by atoms with Crippen molar-refractivity contribution in [1.29, 1.82) is 0 Å². The summed E-state index contributed by atoms with van der Waals surface area (Å²) in [7, 11) is 0. The van der Waals surface area contributed by atoms with Crippen LogP contribution in [0.3, 0.4) is 0 Å². The molecule has 0 aromatic carbocycles. The summed E-state index contributed by atoms with van der Waals surface area (Å²) in [5.74, 6) is -1.07. The van der Waals surface area contributed by atoms with Crippen molar-refractivity contribution in [2.45, 2.75) is 39.7 Å². The van der Waals surface area contributed by atoms with Gasteiger partial charge in [0.25, 0.3) is 5.91 Å². The molecule has 1 rings (SSSR count). The van der Waals surface area contributed by atoms with Crippen LogP contribution in [-0.2, 0) is 0 Å². The maximum atomic E-state index is 12.0. The smallest absolute Gasteiger partial charge is 0.338 e. The normalized spacial score (nSPS) is 13.6. The molecule has 0 saturated heterocycles. The van der Waals surface area contributed by atoms with Gasteiger partial charge in [-0.3, -0.25) is 9.78 Å². The van der Waals surface area contributed by atoms with Crippen molar-refractivity contribution in [1.82, 2.24) is 10.3 Å². The Morgan fingerprint density at radius 3 is 2.68 bits per heavy atom. The lowest BCUT2D eigenvalue weighted by Gasteiger charge is -2.17. The van der Waals surface area contributed by atoms with Crippen molar-refractivity contribution in [2.75, 3.05) is 0 Å². The number of carbonyl (C=O) groups excluding carboxylic acids is 1. The van der Waals surface area contributed by atoms with Crippen molar-refractivity contribution in [3.63, 3.8) is 0 Å². The van der Waals surface area contributed by atoms with Gasteiger partial charge in [0.05, 0.1) is 5.56 Å². The van der Waals surface area contributed by atoms with Crippen LogP contribution in [0, 0.1) is 5.92 Å². The first kappa shape index (κ1) is 15.1. The van der Waals surface area contributed by atoms with Gasteiger partial charge in [-0.25, -0.2) is 4.79 Å². The lowest BCUT2D eigenvalue weighted by Crippen LogP contribution is -2.35. The number of amides is 1. The average molecular weight is 264 g/mol. The van der Waals surface area contributed by atoms with Gasteiger partial charge in [-0.1, -0.05) is 20.3 Å². The van der Waals surface area contributed by atoms with Gasteiger partial charge in [-0.05, 0) is 31.4 Å². The highest BCUT2D eigenvalue weighted by atomic mass is 16.4. The molecule has 2 atom stereocenters. The van der Waals surface area contributed by atoms with Gasteiger partial charge in [0.2, 0.25) is 0 Å². The van der Waals surface area contributed by atoms with Gasteiger partial charge in [-0.15, -0.1) is 0 Å². The molecule has 0 aliphatic carbocycles.